The molecule has 0 aromatic heterocycles. The monoisotopic (exact) mass is 536 g/mol. The topological polar surface area (TPSA) is 18.5 Å². The lowest BCUT2D eigenvalue weighted by molar-refractivity contribution is -0.0212. The lowest BCUT2D eigenvalue weighted by Gasteiger charge is -2.30. The van der Waals surface area contributed by atoms with Gasteiger partial charge in [0, 0.05) is 16.7 Å². The highest BCUT2D eigenvalue weighted by atomic mass is 19.2. The number of halogens is 6. The summed E-state index contributed by atoms with van der Waals surface area (Å²) in [7, 11) is 0. The second kappa shape index (κ2) is 12.2. The first-order chi connectivity index (χ1) is 18.3. The standard InChI is InChI=1S/C30H30F6O2/c1-3-5-18-10-12-22(29(35)25(18)31)23-14-7-17(16-38-23)6-8-19-9-11-20(27(33)26(19)32)21-13-15-24(37-4-2)30(36)28(21)34/h9-13,15,17,23H,3-8,14,16H2,1-2H3. The molecule has 0 radical (unpaired) electrons. The van der Waals surface area contributed by atoms with E-state index in [1.165, 1.54) is 18.2 Å². The maximum atomic E-state index is 14.9. The Balaban J connectivity index is 1.39. The van der Waals surface area contributed by atoms with Crippen molar-refractivity contribution < 1.29 is 35.8 Å². The molecule has 0 amide bonds. The summed E-state index contributed by atoms with van der Waals surface area (Å²) in [5.74, 6) is -6.92. The molecule has 0 bridgehead atoms. The van der Waals surface area contributed by atoms with E-state index in [1.54, 1.807) is 19.1 Å². The van der Waals surface area contributed by atoms with Gasteiger partial charge in [0.2, 0.25) is 5.82 Å². The van der Waals surface area contributed by atoms with Crippen molar-refractivity contribution >= 4 is 0 Å². The van der Waals surface area contributed by atoms with Crippen LogP contribution in [0.4, 0.5) is 26.3 Å². The van der Waals surface area contributed by atoms with Crippen molar-refractivity contribution in [1.82, 2.24) is 0 Å². The van der Waals surface area contributed by atoms with Crippen LogP contribution in [0.15, 0.2) is 36.4 Å². The van der Waals surface area contributed by atoms with E-state index >= 15 is 0 Å². The molecule has 1 fully saturated rings. The fourth-order valence-corrected chi connectivity index (χ4v) is 4.95. The molecule has 1 saturated heterocycles. The van der Waals surface area contributed by atoms with Gasteiger partial charge in [-0.15, -0.1) is 0 Å². The lowest BCUT2D eigenvalue weighted by Crippen LogP contribution is -2.22. The van der Waals surface area contributed by atoms with Gasteiger partial charge in [-0.25, -0.2) is 22.0 Å². The normalized spacial score (nSPS) is 17.6. The fraction of sp³-hybridized carbons (Fsp3) is 0.400. The van der Waals surface area contributed by atoms with Gasteiger partial charge >= 0.3 is 0 Å². The first-order valence-corrected chi connectivity index (χ1v) is 12.9. The van der Waals surface area contributed by atoms with Gasteiger partial charge in [-0.05, 0) is 68.2 Å². The smallest absolute Gasteiger partial charge is 0.201 e. The predicted octanol–water partition coefficient (Wildman–Crippen LogP) is 8.64. The van der Waals surface area contributed by atoms with E-state index in [9.17, 15) is 26.3 Å². The first-order valence-electron chi connectivity index (χ1n) is 12.9. The summed E-state index contributed by atoms with van der Waals surface area (Å²) in [6.07, 6.45) is 2.43. The molecule has 1 aliphatic rings. The van der Waals surface area contributed by atoms with Crippen LogP contribution in [0, 0.1) is 40.8 Å². The Morgan fingerprint density at radius 2 is 1.34 bits per heavy atom. The maximum Gasteiger partial charge on any atom is 0.201 e. The third-order valence-electron chi connectivity index (χ3n) is 7.05. The Morgan fingerprint density at radius 3 is 2.00 bits per heavy atom. The molecule has 0 N–H and O–H groups in total. The molecular formula is C30H30F6O2. The highest BCUT2D eigenvalue weighted by Crippen LogP contribution is 2.36. The van der Waals surface area contributed by atoms with Crippen LogP contribution in [0.5, 0.6) is 5.75 Å². The summed E-state index contributed by atoms with van der Waals surface area (Å²) >= 11 is 0. The van der Waals surface area contributed by atoms with E-state index in [0.717, 1.165) is 6.07 Å². The van der Waals surface area contributed by atoms with Crippen molar-refractivity contribution in [2.24, 2.45) is 5.92 Å². The Kier molecular flexibility index (Phi) is 9.03. The second-order valence-electron chi connectivity index (χ2n) is 9.57. The van der Waals surface area contributed by atoms with Gasteiger partial charge in [-0.3, -0.25) is 0 Å². The molecule has 204 valence electrons. The highest BCUT2D eigenvalue weighted by molar-refractivity contribution is 5.66. The van der Waals surface area contributed by atoms with Crippen molar-refractivity contribution in [3.63, 3.8) is 0 Å². The van der Waals surface area contributed by atoms with Crippen molar-refractivity contribution in [2.75, 3.05) is 13.2 Å². The number of rotatable bonds is 9. The maximum absolute atomic E-state index is 14.9. The molecule has 0 aliphatic carbocycles. The number of hydrogen-bond donors (Lipinski definition) is 0. The van der Waals surface area contributed by atoms with Gasteiger partial charge in [0.1, 0.15) is 0 Å². The van der Waals surface area contributed by atoms with Gasteiger partial charge < -0.3 is 9.47 Å². The van der Waals surface area contributed by atoms with Crippen LogP contribution >= 0.6 is 0 Å². The van der Waals surface area contributed by atoms with Crippen LogP contribution in [0.3, 0.4) is 0 Å². The minimum atomic E-state index is -1.31. The third kappa shape index (κ3) is 5.70. The molecule has 3 aromatic rings. The third-order valence-corrected chi connectivity index (χ3v) is 7.05. The molecule has 0 spiro atoms. The molecule has 4 rings (SSSR count). The molecule has 2 unspecified atom stereocenters. The van der Waals surface area contributed by atoms with E-state index in [0.29, 0.717) is 37.7 Å². The van der Waals surface area contributed by atoms with Crippen LogP contribution in [0.1, 0.15) is 62.3 Å². The highest BCUT2D eigenvalue weighted by Gasteiger charge is 2.28. The molecular weight excluding hydrogens is 506 g/mol. The summed E-state index contributed by atoms with van der Waals surface area (Å²) in [5.41, 5.74) is -0.124. The molecule has 38 heavy (non-hydrogen) atoms. The van der Waals surface area contributed by atoms with Crippen molar-refractivity contribution in [3.05, 3.63) is 88.0 Å². The molecule has 8 heteroatoms. The van der Waals surface area contributed by atoms with E-state index < -0.39 is 46.6 Å². The zero-order valence-electron chi connectivity index (χ0n) is 21.4. The van der Waals surface area contributed by atoms with Crippen LogP contribution in [0.2, 0.25) is 0 Å². The van der Waals surface area contributed by atoms with Gasteiger partial charge in [0.25, 0.3) is 0 Å². The zero-order chi connectivity index (χ0) is 27.4. The van der Waals surface area contributed by atoms with Gasteiger partial charge in [-0.1, -0.05) is 37.6 Å². The van der Waals surface area contributed by atoms with E-state index in [2.05, 4.69) is 0 Å². The number of ether oxygens (including phenoxy) is 2. The van der Waals surface area contributed by atoms with Crippen LogP contribution in [-0.4, -0.2) is 13.2 Å². The van der Waals surface area contributed by atoms with Crippen molar-refractivity contribution in [2.45, 2.75) is 58.5 Å². The first kappa shape index (κ1) is 28.0. The summed E-state index contributed by atoms with van der Waals surface area (Å²) in [6, 6.07) is 8.11. The molecule has 3 aromatic carbocycles. The van der Waals surface area contributed by atoms with Gasteiger partial charge in [-0.2, -0.15) is 4.39 Å². The summed E-state index contributed by atoms with van der Waals surface area (Å²) in [4.78, 5) is 0. The molecule has 2 atom stereocenters. The average molecular weight is 537 g/mol. The minimum absolute atomic E-state index is 0.0262. The number of hydrogen-bond acceptors (Lipinski definition) is 2. The van der Waals surface area contributed by atoms with Crippen LogP contribution < -0.4 is 4.74 Å². The lowest BCUT2D eigenvalue weighted by atomic mass is 9.89. The van der Waals surface area contributed by atoms with Gasteiger partial charge in [0.15, 0.2) is 34.8 Å². The predicted molar refractivity (Wildman–Crippen MR) is 133 cm³/mol. The Bertz CT molecular complexity index is 1280. The Labute approximate surface area is 218 Å². The van der Waals surface area contributed by atoms with Gasteiger partial charge in [0.05, 0.1) is 19.3 Å². The summed E-state index contributed by atoms with van der Waals surface area (Å²) < 4.78 is 98.3. The Morgan fingerprint density at radius 1 is 0.711 bits per heavy atom. The van der Waals surface area contributed by atoms with E-state index in [-0.39, 0.29) is 48.0 Å². The SMILES string of the molecule is CCCc1ccc(C2CCC(CCc3ccc(-c4ccc(OCC)c(F)c4F)c(F)c3F)CO2)c(F)c1F. The summed E-state index contributed by atoms with van der Waals surface area (Å²) in [6.45, 7) is 3.92. The number of benzene rings is 3. The van der Waals surface area contributed by atoms with Crippen molar-refractivity contribution in [3.8, 4) is 16.9 Å². The molecule has 1 heterocycles. The fourth-order valence-electron chi connectivity index (χ4n) is 4.95. The minimum Gasteiger partial charge on any atom is -0.491 e. The molecule has 2 nitrogen and oxygen atoms in total. The van der Waals surface area contributed by atoms with Crippen LogP contribution in [0.25, 0.3) is 11.1 Å². The second-order valence-corrected chi connectivity index (χ2v) is 9.57. The van der Waals surface area contributed by atoms with Crippen LogP contribution in [-0.2, 0) is 17.6 Å². The molecule has 1 aliphatic heterocycles. The summed E-state index contributed by atoms with van der Waals surface area (Å²) in [5, 5.41) is 0. The quantitative estimate of drug-likeness (QED) is 0.255. The van der Waals surface area contributed by atoms with E-state index in [4.69, 9.17) is 9.47 Å². The van der Waals surface area contributed by atoms with E-state index in [1.807, 2.05) is 6.92 Å². The Hall–Kier alpha value is -3.00. The van der Waals surface area contributed by atoms with Crippen molar-refractivity contribution in [1.29, 1.82) is 0 Å². The largest absolute Gasteiger partial charge is 0.491 e. The molecule has 0 saturated carbocycles. The average Bonchev–Trinajstić information content (AvgIpc) is 2.92. The number of aryl methyl sites for hydroxylation is 2. The zero-order valence-corrected chi connectivity index (χ0v) is 21.4.